The lowest BCUT2D eigenvalue weighted by atomic mass is 9.62. The van der Waals surface area contributed by atoms with Gasteiger partial charge < -0.3 is 10.4 Å². The van der Waals surface area contributed by atoms with E-state index < -0.39 is 6.09 Å². The second-order valence-electron chi connectivity index (χ2n) is 6.17. The summed E-state index contributed by atoms with van der Waals surface area (Å²) in [6.07, 6.45) is 2.54. The van der Waals surface area contributed by atoms with E-state index in [1.165, 1.54) is 6.42 Å². The predicted molar refractivity (Wildman–Crippen MR) is 62.6 cm³/mol. The zero-order valence-corrected chi connectivity index (χ0v) is 10.4. The van der Waals surface area contributed by atoms with Crippen molar-refractivity contribution in [2.45, 2.75) is 51.6 Å². The van der Waals surface area contributed by atoms with Crippen molar-refractivity contribution in [1.82, 2.24) is 10.2 Å². The summed E-state index contributed by atoms with van der Waals surface area (Å²) in [4.78, 5) is 13.1. The first kappa shape index (κ1) is 11.7. The van der Waals surface area contributed by atoms with E-state index in [9.17, 15) is 9.90 Å². The molecule has 0 aromatic carbocycles. The first-order chi connectivity index (χ1) is 7.37. The molecule has 2 atom stereocenters. The molecule has 1 saturated carbocycles. The fourth-order valence-corrected chi connectivity index (χ4v) is 3.23. The number of nitrogens with one attached hydrogen (secondary N) is 1. The van der Waals surface area contributed by atoms with E-state index in [4.69, 9.17) is 0 Å². The summed E-state index contributed by atoms with van der Waals surface area (Å²) in [5.74, 6) is 0. The molecule has 2 N–H and O–H groups in total. The van der Waals surface area contributed by atoms with Crippen LogP contribution in [-0.2, 0) is 0 Å². The Kier molecular flexibility index (Phi) is 2.65. The molecule has 1 aliphatic carbocycles. The molecule has 1 amide bonds. The van der Waals surface area contributed by atoms with E-state index in [0.29, 0.717) is 0 Å². The van der Waals surface area contributed by atoms with Crippen molar-refractivity contribution < 1.29 is 9.90 Å². The second kappa shape index (κ2) is 3.62. The van der Waals surface area contributed by atoms with Crippen molar-refractivity contribution in [2.24, 2.45) is 5.41 Å². The smallest absolute Gasteiger partial charge is 0.408 e. The van der Waals surface area contributed by atoms with Crippen LogP contribution in [0, 0.1) is 5.41 Å². The molecular formula is C12H22N2O2. The minimum Gasteiger partial charge on any atom is -0.465 e. The standard InChI is InChI=1S/C12H22N2O2/c1-11(2,3)14(10(15)16)9-4-5-12(9)6-7-13-8-12/h9,13H,4-8H2,1-3H3,(H,15,16). The fraction of sp³-hybridized carbons (Fsp3) is 0.917. The summed E-state index contributed by atoms with van der Waals surface area (Å²) in [6.45, 7) is 7.96. The highest BCUT2D eigenvalue weighted by Crippen LogP contribution is 2.50. The molecule has 92 valence electrons. The maximum atomic E-state index is 11.4. The third-order valence-electron chi connectivity index (χ3n) is 4.14. The Bertz CT molecular complexity index is 290. The van der Waals surface area contributed by atoms with Gasteiger partial charge >= 0.3 is 6.09 Å². The Morgan fingerprint density at radius 3 is 2.44 bits per heavy atom. The van der Waals surface area contributed by atoms with E-state index in [1.807, 2.05) is 20.8 Å². The number of hydrogen-bond donors (Lipinski definition) is 2. The number of nitrogens with zero attached hydrogens (tertiary/aromatic N) is 1. The Labute approximate surface area is 97.0 Å². The molecule has 0 bridgehead atoms. The first-order valence-electron chi connectivity index (χ1n) is 6.10. The number of amides is 1. The molecule has 0 aromatic rings. The van der Waals surface area contributed by atoms with Crippen LogP contribution in [0.1, 0.15) is 40.0 Å². The summed E-state index contributed by atoms with van der Waals surface area (Å²) in [5.41, 5.74) is -0.0713. The molecule has 4 heteroatoms. The minimum absolute atomic E-state index is 0.208. The van der Waals surface area contributed by atoms with Crippen molar-refractivity contribution in [3.8, 4) is 0 Å². The normalized spacial score (nSPS) is 33.8. The topological polar surface area (TPSA) is 52.6 Å². The second-order valence-corrected chi connectivity index (χ2v) is 6.17. The highest BCUT2D eigenvalue weighted by atomic mass is 16.4. The largest absolute Gasteiger partial charge is 0.465 e. The van der Waals surface area contributed by atoms with E-state index in [2.05, 4.69) is 5.32 Å². The van der Waals surface area contributed by atoms with E-state index >= 15 is 0 Å². The highest BCUT2D eigenvalue weighted by Gasteiger charge is 2.54. The molecule has 0 radical (unpaired) electrons. The number of hydrogen-bond acceptors (Lipinski definition) is 2. The average molecular weight is 226 g/mol. The van der Waals surface area contributed by atoms with Crippen LogP contribution >= 0.6 is 0 Å². The molecule has 2 rings (SSSR count). The Morgan fingerprint density at radius 2 is 2.12 bits per heavy atom. The van der Waals surface area contributed by atoms with Gasteiger partial charge in [0.25, 0.3) is 0 Å². The van der Waals surface area contributed by atoms with Crippen LogP contribution in [-0.4, -0.2) is 40.8 Å². The molecule has 2 fully saturated rings. The maximum absolute atomic E-state index is 11.4. The van der Waals surface area contributed by atoms with Crippen LogP contribution < -0.4 is 5.32 Å². The number of carbonyl (C=O) groups is 1. The maximum Gasteiger partial charge on any atom is 0.408 e. The zero-order valence-electron chi connectivity index (χ0n) is 10.4. The van der Waals surface area contributed by atoms with Gasteiger partial charge in [-0.25, -0.2) is 4.79 Å². The van der Waals surface area contributed by atoms with Crippen molar-refractivity contribution >= 4 is 6.09 Å². The lowest BCUT2D eigenvalue weighted by Gasteiger charge is -2.55. The van der Waals surface area contributed by atoms with Gasteiger partial charge in [0.1, 0.15) is 0 Å². The van der Waals surface area contributed by atoms with Crippen LogP contribution in [0.25, 0.3) is 0 Å². The summed E-state index contributed by atoms with van der Waals surface area (Å²) in [5, 5.41) is 12.8. The van der Waals surface area contributed by atoms with Crippen LogP contribution in [0.3, 0.4) is 0 Å². The number of rotatable bonds is 1. The van der Waals surface area contributed by atoms with E-state index in [-0.39, 0.29) is 17.0 Å². The van der Waals surface area contributed by atoms with Crippen LogP contribution in [0.2, 0.25) is 0 Å². The zero-order chi connectivity index (χ0) is 12.0. The molecule has 1 heterocycles. The third kappa shape index (κ3) is 1.69. The van der Waals surface area contributed by atoms with Gasteiger partial charge in [-0.15, -0.1) is 0 Å². The molecule has 4 nitrogen and oxygen atoms in total. The van der Waals surface area contributed by atoms with E-state index in [0.717, 1.165) is 25.9 Å². The summed E-state index contributed by atoms with van der Waals surface area (Å²) in [7, 11) is 0. The minimum atomic E-state index is -0.775. The van der Waals surface area contributed by atoms with Gasteiger partial charge in [-0.2, -0.15) is 0 Å². The van der Waals surface area contributed by atoms with Gasteiger partial charge in [-0.05, 0) is 46.6 Å². The Hall–Kier alpha value is -0.770. The Morgan fingerprint density at radius 1 is 1.44 bits per heavy atom. The van der Waals surface area contributed by atoms with Crippen molar-refractivity contribution in [3.05, 3.63) is 0 Å². The fourth-order valence-electron chi connectivity index (χ4n) is 3.23. The molecule has 1 spiro atoms. The van der Waals surface area contributed by atoms with Gasteiger partial charge in [0, 0.05) is 23.5 Å². The summed E-state index contributed by atoms with van der Waals surface area (Å²) >= 11 is 0. The van der Waals surface area contributed by atoms with Gasteiger partial charge in [0.15, 0.2) is 0 Å². The highest BCUT2D eigenvalue weighted by molar-refractivity contribution is 5.67. The molecule has 16 heavy (non-hydrogen) atoms. The third-order valence-corrected chi connectivity index (χ3v) is 4.14. The van der Waals surface area contributed by atoms with Crippen molar-refractivity contribution in [3.63, 3.8) is 0 Å². The predicted octanol–water partition coefficient (Wildman–Crippen LogP) is 1.91. The SMILES string of the molecule is CC(C)(C)N(C(=O)O)C1CCC12CCNC2. The monoisotopic (exact) mass is 226 g/mol. The molecule has 1 aliphatic heterocycles. The van der Waals surface area contributed by atoms with Crippen LogP contribution in [0.5, 0.6) is 0 Å². The summed E-state index contributed by atoms with van der Waals surface area (Å²) < 4.78 is 0. The Balaban J connectivity index is 2.19. The average Bonchev–Trinajstić information content (AvgIpc) is 2.60. The van der Waals surface area contributed by atoms with E-state index in [1.54, 1.807) is 4.90 Å². The number of carboxylic acid groups (broad SMARTS) is 1. The summed E-state index contributed by atoms with van der Waals surface area (Å²) in [6, 6.07) is 0.208. The molecule has 1 saturated heterocycles. The van der Waals surface area contributed by atoms with Crippen molar-refractivity contribution in [2.75, 3.05) is 13.1 Å². The van der Waals surface area contributed by atoms with Crippen molar-refractivity contribution in [1.29, 1.82) is 0 Å². The molecule has 2 aliphatic rings. The first-order valence-corrected chi connectivity index (χ1v) is 6.10. The quantitative estimate of drug-likeness (QED) is 0.718. The lowest BCUT2D eigenvalue weighted by Crippen LogP contribution is -2.63. The van der Waals surface area contributed by atoms with Crippen LogP contribution in [0.4, 0.5) is 4.79 Å². The van der Waals surface area contributed by atoms with Gasteiger partial charge in [0.2, 0.25) is 0 Å². The molecule has 2 unspecified atom stereocenters. The molecular weight excluding hydrogens is 204 g/mol. The van der Waals surface area contributed by atoms with Gasteiger partial charge in [-0.3, -0.25) is 4.90 Å². The van der Waals surface area contributed by atoms with Gasteiger partial charge in [0.05, 0.1) is 0 Å². The van der Waals surface area contributed by atoms with Gasteiger partial charge in [-0.1, -0.05) is 0 Å². The van der Waals surface area contributed by atoms with Crippen LogP contribution in [0.15, 0.2) is 0 Å². The molecule has 0 aromatic heterocycles. The lowest BCUT2D eigenvalue weighted by molar-refractivity contribution is -0.0426.